The third-order valence-corrected chi connectivity index (χ3v) is 5.05. The highest BCUT2D eigenvalue weighted by molar-refractivity contribution is 7.10. The van der Waals surface area contributed by atoms with Crippen molar-refractivity contribution in [3.8, 4) is 23.2 Å². The number of tetrazole rings is 1. The van der Waals surface area contributed by atoms with Gasteiger partial charge in [-0.3, -0.25) is 0 Å². The van der Waals surface area contributed by atoms with Crippen LogP contribution in [-0.4, -0.2) is 25.6 Å². The summed E-state index contributed by atoms with van der Waals surface area (Å²) in [6, 6.07) is 3.64. The maximum absolute atomic E-state index is 13.2. The summed E-state index contributed by atoms with van der Waals surface area (Å²) in [6.07, 6.45) is -0.977. The van der Waals surface area contributed by atoms with Crippen LogP contribution < -0.4 is 0 Å². The van der Waals surface area contributed by atoms with Crippen molar-refractivity contribution in [2.24, 2.45) is 0 Å². The first-order chi connectivity index (χ1) is 12.5. The van der Waals surface area contributed by atoms with E-state index in [2.05, 4.69) is 37.4 Å². The van der Waals surface area contributed by atoms with Gasteiger partial charge in [-0.1, -0.05) is 12.3 Å². The molecule has 1 saturated carbocycles. The Labute approximate surface area is 150 Å². The van der Waals surface area contributed by atoms with Crippen molar-refractivity contribution >= 4 is 11.3 Å². The summed E-state index contributed by atoms with van der Waals surface area (Å²) in [7, 11) is 0. The SMILES string of the molecule is FC(F)(F)c1ccc(C#Cc2nc(C3CCC3)cs2)cc1-c1nn[nH]n1. The third kappa shape index (κ3) is 3.32. The van der Waals surface area contributed by atoms with Gasteiger partial charge in [0.1, 0.15) is 0 Å². The Hall–Kier alpha value is -2.73. The number of benzene rings is 1. The second kappa shape index (κ2) is 6.53. The molecule has 5 nitrogen and oxygen atoms in total. The van der Waals surface area contributed by atoms with Gasteiger partial charge in [0.15, 0.2) is 5.01 Å². The maximum atomic E-state index is 13.2. The maximum Gasteiger partial charge on any atom is 0.417 e. The van der Waals surface area contributed by atoms with E-state index in [1.54, 1.807) is 0 Å². The summed E-state index contributed by atoms with van der Waals surface area (Å²) >= 11 is 1.45. The molecule has 0 bridgehead atoms. The highest BCUT2D eigenvalue weighted by Gasteiger charge is 2.34. The summed E-state index contributed by atoms with van der Waals surface area (Å²) in [5, 5.41) is 15.5. The van der Waals surface area contributed by atoms with Crippen molar-refractivity contribution in [1.82, 2.24) is 25.6 Å². The number of hydrogen-bond acceptors (Lipinski definition) is 5. The number of nitrogens with one attached hydrogen (secondary N) is 1. The van der Waals surface area contributed by atoms with E-state index in [9.17, 15) is 13.2 Å². The molecule has 2 aromatic heterocycles. The van der Waals surface area contributed by atoms with Crippen LogP contribution in [0.25, 0.3) is 11.4 Å². The quantitative estimate of drug-likeness (QED) is 0.688. The van der Waals surface area contributed by atoms with E-state index < -0.39 is 11.7 Å². The fraction of sp³-hybridized carbons (Fsp3) is 0.294. The van der Waals surface area contributed by atoms with Gasteiger partial charge in [-0.15, -0.1) is 21.5 Å². The predicted octanol–water partition coefficient (Wildman–Crippen LogP) is 4.01. The minimum absolute atomic E-state index is 0.123. The molecule has 0 amide bonds. The Balaban J connectivity index is 1.66. The second-order valence-corrected chi connectivity index (χ2v) is 6.81. The Morgan fingerprint density at radius 1 is 1.19 bits per heavy atom. The van der Waals surface area contributed by atoms with Crippen molar-refractivity contribution in [3.05, 3.63) is 45.4 Å². The summed E-state index contributed by atoms with van der Waals surface area (Å²) in [5.41, 5.74) is 0.502. The summed E-state index contributed by atoms with van der Waals surface area (Å²) in [6.45, 7) is 0. The molecule has 0 unspecified atom stereocenters. The lowest BCUT2D eigenvalue weighted by Gasteiger charge is -2.22. The molecule has 1 fully saturated rings. The van der Waals surface area contributed by atoms with Crippen molar-refractivity contribution in [2.45, 2.75) is 31.4 Å². The van der Waals surface area contributed by atoms with E-state index in [1.807, 2.05) is 5.38 Å². The van der Waals surface area contributed by atoms with Crippen molar-refractivity contribution in [3.63, 3.8) is 0 Å². The lowest BCUT2D eigenvalue weighted by atomic mass is 9.83. The summed E-state index contributed by atoms with van der Waals surface area (Å²) in [5.74, 6) is 6.20. The van der Waals surface area contributed by atoms with Crippen molar-refractivity contribution in [2.75, 3.05) is 0 Å². The van der Waals surface area contributed by atoms with E-state index in [0.717, 1.165) is 24.6 Å². The molecular formula is C17H12F3N5S. The fourth-order valence-electron chi connectivity index (χ4n) is 2.69. The van der Waals surface area contributed by atoms with E-state index in [1.165, 1.54) is 29.9 Å². The molecule has 9 heteroatoms. The number of alkyl halides is 3. The van der Waals surface area contributed by atoms with Crippen LogP contribution in [0.5, 0.6) is 0 Å². The number of H-pyrrole nitrogens is 1. The van der Waals surface area contributed by atoms with Gasteiger partial charge in [-0.05, 0) is 42.2 Å². The molecule has 1 aliphatic carbocycles. The third-order valence-electron chi connectivity index (χ3n) is 4.27. The Morgan fingerprint density at radius 3 is 2.69 bits per heavy atom. The molecule has 0 saturated heterocycles. The van der Waals surface area contributed by atoms with E-state index >= 15 is 0 Å². The zero-order valence-corrected chi connectivity index (χ0v) is 14.2. The predicted molar refractivity (Wildman–Crippen MR) is 89.3 cm³/mol. The first-order valence-electron chi connectivity index (χ1n) is 7.93. The van der Waals surface area contributed by atoms with Gasteiger partial charge in [0.25, 0.3) is 0 Å². The van der Waals surface area contributed by atoms with E-state index in [0.29, 0.717) is 16.5 Å². The molecule has 0 spiro atoms. The van der Waals surface area contributed by atoms with Gasteiger partial charge in [-0.25, -0.2) is 4.98 Å². The number of nitrogens with zero attached hydrogens (tertiary/aromatic N) is 4. The molecule has 132 valence electrons. The minimum Gasteiger partial charge on any atom is -0.232 e. The molecule has 4 rings (SSSR count). The van der Waals surface area contributed by atoms with Crippen molar-refractivity contribution < 1.29 is 13.2 Å². The number of hydrogen-bond donors (Lipinski definition) is 1. The van der Waals surface area contributed by atoms with Crippen LogP contribution in [0.1, 0.15) is 47.0 Å². The molecule has 0 atom stereocenters. The molecule has 0 radical (unpaired) electrons. The number of rotatable bonds is 2. The smallest absolute Gasteiger partial charge is 0.232 e. The van der Waals surface area contributed by atoms with Gasteiger partial charge in [-0.2, -0.15) is 18.4 Å². The van der Waals surface area contributed by atoms with Crippen LogP contribution in [0.2, 0.25) is 0 Å². The van der Waals surface area contributed by atoms with Gasteiger partial charge in [0.05, 0.1) is 11.3 Å². The highest BCUT2D eigenvalue weighted by atomic mass is 32.1. The van der Waals surface area contributed by atoms with Gasteiger partial charge in [0, 0.05) is 22.4 Å². The Morgan fingerprint density at radius 2 is 2.04 bits per heavy atom. The van der Waals surface area contributed by atoms with E-state index in [4.69, 9.17) is 0 Å². The molecule has 1 aliphatic rings. The Kier molecular flexibility index (Phi) is 4.20. The van der Waals surface area contributed by atoms with Crippen molar-refractivity contribution in [1.29, 1.82) is 0 Å². The molecule has 3 aromatic rings. The lowest BCUT2D eigenvalue weighted by molar-refractivity contribution is -0.137. The summed E-state index contributed by atoms with van der Waals surface area (Å²) in [4.78, 5) is 4.50. The van der Waals surface area contributed by atoms with Gasteiger partial charge < -0.3 is 0 Å². The van der Waals surface area contributed by atoms with Crippen LogP contribution >= 0.6 is 11.3 Å². The van der Waals surface area contributed by atoms with Crippen LogP contribution in [0, 0.1) is 11.8 Å². The molecule has 1 N–H and O–H groups in total. The zero-order chi connectivity index (χ0) is 18.1. The first kappa shape index (κ1) is 16.7. The van der Waals surface area contributed by atoms with Crippen LogP contribution in [0.15, 0.2) is 23.6 Å². The molecule has 26 heavy (non-hydrogen) atoms. The normalized spacial score (nSPS) is 14.6. The summed E-state index contributed by atoms with van der Waals surface area (Å²) < 4.78 is 39.6. The van der Waals surface area contributed by atoms with Crippen LogP contribution in [0.3, 0.4) is 0 Å². The highest BCUT2D eigenvalue weighted by Crippen LogP contribution is 2.37. The monoisotopic (exact) mass is 375 g/mol. The van der Waals surface area contributed by atoms with Crippen LogP contribution in [0.4, 0.5) is 13.2 Å². The average molecular weight is 375 g/mol. The molecule has 1 aromatic carbocycles. The van der Waals surface area contributed by atoms with Gasteiger partial charge >= 0.3 is 6.18 Å². The number of thiazole rings is 1. The average Bonchev–Trinajstić information content (AvgIpc) is 3.22. The first-order valence-corrected chi connectivity index (χ1v) is 8.81. The largest absolute Gasteiger partial charge is 0.417 e. The fourth-order valence-corrected chi connectivity index (χ4v) is 3.44. The second-order valence-electron chi connectivity index (χ2n) is 5.95. The topological polar surface area (TPSA) is 67.3 Å². The molecule has 2 heterocycles. The number of halogens is 3. The van der Waals surface area contributed by atoms with E-state index in [-0.39, 0.29) is 11.4 Å². The molecular weight excluding hydrogens is 363 g/mol. The van der Waals surface area contributed by atoms with Gasteiger partial charge in [0.2, 0.25) is 5.82 Å². The minimum atomic E-state index is -4.52. The standard InChI is InChI=1S/C17H12F3N5S/c18-17(19,20)13-6-4-10(8-12(13)16-22-24-25-23-16)5-7-15-21-14(9-26-15)11-2-1-3-11/h4,6,8-9,11H,1-3H2,(H,22,23,24,25). The van der Waals surface area contributed by atoms with Crippen LogP contribution in [-0.2, 0) is 6.18 Å². The molecule has 0 aliphatic heterocycles. The number of aromatic amines is 1. The number of aromatic nitrogens is 5. The Bertz CT molecular complexity index is 978. The lowest BCUT2D eigenvalue weighted by Crippen LogP contribution is -2.08. The zero-order valence-electron chi connectivity index (χ0n) is 13.3.